The third kappa shape index (κ3) is 4.87. The molecule has 2 unspecified atom stereocenters. The van der Waals surface area contributed by atoms with Gasteiger partial charge in [-0.2, -0.15) is 0 Å². The molecule has 0 radical (unpaired) electrons. The Morgan fingerprint density at radius 2 is 1.97 bits per heavy atom. The highest BCUT2D eigenvalue weighted by Gasteiger charge is 2.43. The Balaban J connectivity index is 1.62. The number of pyridine rings is 1. The molecular weight excluding hydrogens is 531 g/mol. The number of halogens is 2. The van der Waals surface area contributed by atoms with Gasteiger partial charge >= 0.3 is 0 Å². The number of furan rings is 1. The molecule has 2 aromatic carbocycles. The fourth-order valence-corrected chi connectivity index (χ4v) is 5.15. The number of anilines is 2. The fourth-order valence-electron chi connectivity index (χ4n) is 4.41. The zero-order valence-electron chi connectivity index (χ0n) is 19.9. The van der Waals surface area contributed by atoms with E-state index in [1.807, 2.05) is 59.5 Å². The van der Waals surface area contributed by atoms with Crippen LogP contribution in [0.25, 0.3) is 11.3 Å². The molecule has 1 fully saturated rings. The van der Waals surface area contributed by atoms with Crippen molar-refractivity contribution in [2.45, 2.75) is 19.0 Å². The van der Waals surface area contributed by atoms with Crippen LogP contribution >= 0.6 is 35.4 Å². The summed E-state index contributed by atoms with van der Waals surface area (Å²) in [7, 11) is 1.55. The van der Waals surface area contributed by atoms with Gasteiger partial charge in [-0.3, -0.25) is 9.78 Å². The number of benzene rings is 2. The summed E-state index contributed by atoms with van der Waals surface area (Å²) in [6.45, 7) is 1.44. The molecular formula is C27H22Cl2N4O3S. The Labute approximate surface area is 229 Å². The maximum Gasteiger partial charge on any atom is 0.221 e. The molecule has 2 aromatic heterocycles. The number of carbonyl (C=O) groups is 1. The zero-order valence-corrected chi connectivity index (χ0v) is 22.2. The highest BCUT2D eigenvalue weighted by molar-refractivity contribution is 7.80. The quantitative estimate of drug-likeness (QED) is 0.255. The van der Waals surface area contributed by atoms with E-state index in [2.05, 4.69) is 15.6 Å². The number of thiocarbonyl (C=S) groups is 1. The van der Waals surface area contributed by atoms with Gasteiger partial charge in [-0.25, -0.2) is 0 Å². The summed E-state index contributed by atoms with van der Waals surface area (Å²) in [5.74, 6) is 1.54. The highest BCUT2D eigenvalue weighted by atomic mass is 35.5. The number of carbonyl (C=O) groups excluding carboxylic acids is 1. The predicted molar refractivity (Wildman–Crippen MR) is 149 cm³/mol. The van der Waals surface area contributed by atoms with Crippen LogP contribution < -0.4 is 20.3 Å². The number of amides is 1. The summed E-state index contributed by atoms with van der Waals surface area (Å²) in [6.07, 6.45) is 1.74. The van der Waals surface area contributed by atoms with Crippen molar-refractivity contribution in [3.63, 3.8) is 0 Å². The summed E-state index contributed by atoms with van der Waals surface area (Å²) >= 11 is 18.5. The monoisotopic (exact) mass is 552 g/mol. The molecule has 5 rings (SSSR count). The minimum absolute atomic E-state index is 0.213. The van der Waals surface area contributed by atoms with Crippen molar-refractivity contribution in [3.05, 3.63) is 94.4 Å². The van der Waals surface area contributed by atoms with E-state index in [1.165, 1.54) is 6.92 Å². The first-order chi connectivity index (χ1) is 17.9. The van der Waals surface area contributed by atoms with E-state index in [-0.39, 0.29) is 11.9 Å². The second-order valence-corrected chi connectivity index (χ2v) is 9.54. The molecule has 10 heteroatoms. The molecule has 2 atom stereocenters. The van der Waals surface area contributed by atoms with Gasteiger partial charge in [-0.1, -0.05) is 35.3 Å². The van der Waals surface area contributed by atoms with Crippen molar-refractivity contribution in [2.24, 2.45) is 0 Å². The van der Waals surface area contributed by atoms with Gasteiger partial charge in [-0.05, 0) is 66.8 Å². The van der Waals surface area contributed by atoms with E-state index in [0.29, 0.717) is 43.7 Å². The lowest BCUT2D eigenvalue weighted by atomic mass is 10.0. The number of methoxy groups -OCH3 is 1. The first-order valence-corrected chi connectivity index (χ1v) is 12.5. The van der Waals surface area contributed by atoms with E-state index in [1.54, 1.807) is 25.4 Å². The molecule has 1 saturated heterocycles. The van der Waals surface area contributed by atoms with Crippen LogP contribution in [0.3, 0.4) is 0 Å². The van der Waals surface area contributed by atoms with Crippen LogP contribution in [0.15, 0.2) is 77.3 Å². The summed E-state index contributed by atoms with van der Waals surface area (Å²) in [6, 6.07) is 19.7. The number of nitrogens with one attached hydrogen (secondary N) is 2. The molecule has 1 aliphatic rings. The van der Waals surface area contributed by atoms with Crippen LogP contribution in [0.2, 0.25) is 10.0 Å². The largest absolute Gasteiger partial charge is 0.495 e. The summed E-state index contributed by atoms with van der Waals surface area (Å²) < 4.78 is 11.8. The number of aromatic nitrogens is 1. The number of ether oxygens (including phenoxy) is 1. The first-order valence-electron chi connectivity index (χ1n) is 11.4. The normalized spacial score (nSPS) is 17.0. The van der Waals surface area contributed by atoms with Crippen LogP contribution in [0, 0.1) is 0 Å². The van der Waals surface area contributed by atoms with Crippen LogP contribution in [0.1, 0.15) is 30.5 Å². The molecule has 0 aliphatic carbocycles. The van der Waals surface area contributed by atoms with E-state index in [0.717, 1.165) is 11.4 Å². The Kier molecular flexibility index (Phi) is 7.06. The zero-order chi connectivity index (χ0) is 26.1. The second kappa shape index (κ2) is 10.4. The SMILES string of the molecule is COc1ccc(N2C(=S)NC(c3ccccn3)C2c2ccc(-c3cccc(Cl)c3Cl)o2)cc1NC(C)=O. The lowest BCUT2D eigenvalue weighted by molar-refractivity contribution is -0.114. The van der Waals surface area contributed by atoms with Crippen molar-refractivity contribution in [2.75, 3.05) is 17.3 Å². The molecule has 188 valence electrons. The molecule has 2 N–H and O–H groups in total. The molecule has 0 saturated carbocycles. The van der Waals surface area contributed by atoms with Gasteiger partial charge in [0, 0.05) is 24.4 Å². The molecule has 7 nitrogen and oxygen atoms in total. The van der Waals surface area contributed by atoms with Crippen molar-refractivity contribution in [1.29, 1.82) is 0 Å². The third-order valence-electron chi connectivity index (χ3n) is 6.01. The minimum atomic E-state index is -0.396. The standard InChI is InChI=1S/C27H22Cl2N4O3S/c1-15(34)31-20-14-16(9-10-22(20)35-2)33-26(25(32-27(33)37)19-8-3-4-13-30-19)23-12-11-21(36-23)17-6-5-7-18(28)24(17)29/h3-14,25-26H,1-2H3,(H,31,34)(H,32,37). The van der Waals surface area contributed by atoms with Gasteiger partial charge in [0.2, 0.25) is 5.91 Å². The smallest absolute Gasteiger partial charge is 0.221 e. The fraction of sp³-hybridized carbons (Fsp3) is 0.148. The number of nitrogens with zero attached hydrogens (tertiary/aromatic N) is 2. The van der Waals surface area contributed by atoms with E-state index < -0.39 is 6.04 Å². The molecule has 4 aromatic rings. The van der Waals surface area contributed by atoms with Crippen LogP contribution in [-0.4, -0.2) is 23.1 Å². The van der Waals surface area contributed by atoms with Crippen molar-refractivity contribution in [3.8, 4) is 17.1 Å². The Bertz CT molecular complexity index is 1480. The van der Waals surface area contributed by atoms with E-state index in [4.69, 9.17) is 44.6 Å². The van der Waals surface area contributed by atoms with Crippen molar-refractivity contribution < 1.29 is 13.9 Å². The lowest BCUT2D eigenvalue weighted by Gasteiger charge is -2.27. The highest BCUT2D eigenvalue weighted by Crippen LogP contribution is 2.45. The number of rotatable bonds is 6. The molecule has 3 heterocycles. The van der Waals surface area contributed by atoms with Gasteiger partial charge < -0.3 is 24.7 Å². The lowest BCUT2D eigenvalue weighted by Crippen LogP contribution is -2.29. The van der Waals surface area contributed by atoms with Crippen LogP contribution in [0.5, 0.6) is 5.75 Å². The summed E-state index contributed by atoms with van der Waals surface area (Å²) in [5.41, 5.74) is 2.75. The average molecular weight is 553 g/mol. The van der Waals surface area contributed by atoms with Crippen LogP contribution in [-0.2, 0) is 4.79 Å². The predicted octanol–water partition coefficient (Wildman–Crippen LogP) is 6.79. The molecule has 1 aliphatic heterocycles. The topological polar surface area (TPSA) is 79.6 Å². The van der Waals surface area contributed by atoms with Gasteiger partial charge in [0.25, 0.3) is 0 Å². The van der Waals surface area contributed by atoms with Gasteiger partial charge in [0.15, 0.2) is 5.11 Å². The van der Waals surface area contributed by atoms with Gasteiger partial charge in [-0.15, -0.1) is 0 Å². The minimum Gasteiger partial charge on any atom is -0.495 e. The number of hydrogen-bond acceptors (Lipinski definition) is 5. The Morgan fingerprint density at radius 1 is 1.14 bits per heavy atom. The molecule has 1 amide bonds. The average Bonchev–Trinajstić information content (AvgIpc) is 3.50. The molecule has 0 bridgehead atoms. The van der Waals surface area contributed by atoms with Crippen LogP contribution in [0.4, 0.5) is 11.4 Å². The van der Waals surface area contributed by atoms with Crippen molar-refractivity contribution >= 4 is 57.8 Å². The third-order valence-corrected chi connectivity index (χ3v) is 7.14. The summed E-state index contributed by atoms with van der Waals surface area (Å²) in [5, 5.41) is 7.56. The second-order valence-electron chi connectivity index (χ2n) is 8.37. The van der Waals surface area contributed by atoms with Gasteiger partial charge in [0.05, 0.1) is 34.6 Å². The van der Waals surface area contributed by atoms with Crippen molar-refractivity contribution in [1.82, 2.24) is 10.3 Å². The summed E-state index contributed by atoms with van der Waals surface area (Å²) in [4.78, 5) is 18.3. The van der Waals surface area contributed by atoms with E-state index in [9.17, 15) is 4.79 Å². The number of hydrogen-bond donors (Lipinski definition) is 2. The van der Waals surface area contributed by atoms with Gasteiger partial charge in [0.1, 0.15) is 23.3 Å². The van der Waals surface area contributed by atoms with E-state index >= 15 is 0 Å². The first kappa shape index (κ1) is 25.1. The Morgan fingerprint density at radius 3 is 2.70 bits per heavy atom. The Hall–Kier alpha value is -3.59. The molecule has 37 heavy (non-hydrogen) atoms. The maximum absolute atomic E-state index is 11.8. The maximum atomic E-state index is 11.8. The molecule has 0 spiro atoms.